The zero-order chi connectivity index (χ0) is 15.0. The van der Waals surface area contributed by atoms with Crippen LogP contribution in [0.3, 0.4) is 0 Å². The van der Waals surface area contributed by atoms with E-state index in [9.17, 15) is 5.26 Å². The molecule has 5 heteroatoms. The van der Waals surface area contributed by atoms with Gasteiger partial charge in [-0.05, 0) is 19.1 Å². The smallest absolute Gasteiger partial charge is 0.167 e. The lowest BCUT2D eigenvalue weighted by Gasteiger charge is -2.07. The Hall–Kier alpha value is -2.15. The van der Waals surface area contributed by atoms with Crippen molar-refractivity contribution in [3.63, 3.8) is 0 Å². The normalized spacial score (nSPS) is 10.6. The number of benzene rings is 2. The number of nitrogens with zero attached hydrogens (tertiary/aromatic N) is 3. The quantitative estimate of drug-likeness (QED) is 0.649. The second kappa shape index (κ2) is 5.33. The maximum absolute atomic E-state index is 9.31. The second-order valence-electron chi connectivity index (χ2n) is 4.65. The van der Waals surface area contributed by atoms with Crippen LogP contribution in [0.15, 0.2) is 36.4 Å². The summed E-state index contributed by atoms with van der Waals surface area (Å²) in [4.78, 5) is 8.85. The van der Waals surface area contributed by atoms with Crippen LogP contribution >= 0.6 is 23.2 Å². The fourth-order valence-corrected chi connectivity index (χ4v) is 2.36. The van der Waals surface area contributed by atoms with Crippen molar-refractivity contribution >= 4 is 34.2 Å². The van der Waals surface area contributed by atoms with Gasteiger partial charge in [0.15, 0.2) is 5.69 Å². The first-order chi connectivity index (χ1) is 10.1. The van der Waals surface area contributed by atoms with E-state index in [-0.39, 0.29) is 5.69 Å². The Bertz CT molecular complexity index is 881. The summed E-state index contributed by atoms with van der Waals surface area (Å²) in [5.74, 6) is 0. The van der Waals surface area contributed by atoms with E-state index in [1.165, 1.54) is 0 Å². The van der Waals surface area contributed by atoms with Crippen molar-refractivity contribution in [2.24, 2.45) is 0 Å². The van der Waals surface area contributed by atoms with Gasteiger partial charge in [0, 0.05) is 5.56 Å². The molecule has 3 nitrogen and oxygen atoms in total. The summed E-state index contributed by atoms with van der Waals surface area (Å²) in [5, 5.41) is 10.1. The lowest BCUT2D eigenvalue weighted by molar-refractivity contribution is 1.24. The van der Waals surface area contributed by atoms with E-state index in [1.807, 2.05) is 31.2 Å². The number of aromatic nitrogens is 2. The third kappa shape index (κ3) is 2.56. The van der Waals surface area contributed by atoms with Crippen LogP contribution in [0.4, 0.5) is 0 Å². The van der Waals surface area contributed by atoms with Gasteiger partial charge in [0.1, 0.15) is 11.8 Å². The van der Waals surface area contributed by atoms with Crippen molar-refractivity contribution in [3.05, 3.63) is 57.7 Å². The number of halogens is 2. The molecule has 0 aliphatic heterocycles. The van der Waals surface area contributed by atoms with Gasteiger partial charge < -0.3 is 0 Å². The van der Waals surface area contributed by atoms with Crippen LogP contribution in [-0.4, -0.2) is 9.97 Å². The monoisotopic (exact) mass is 313 g/mol. The van der Waals surface area contributed by atoms with E-state index in [2.05, 4.69) is 16.0 Å². The van der Waals surface area contributed by atoms with E-state index in [0.29, 0.717) is 26.8 Å². The Kier molecular flexibility index (Phi) is 3.50. The van der Waals surface area contributed by atoms with Crippen LogP contribution in [0.1, 0.15) is 11.3 Å². The fraction of sp³-hybridized carbons (Fsp3) is 0.0625. The molecule has 0 N–H and O–H groups in total. The molecule has 0 bridgehead atoms. The van der Waals surface area contributed by atoms with Crippen molar-refractivity contribution in [2.75, 3.05) is 0 Å². The van der Waals surface area contributed by atoms with E-state index in [1.54, 1.807) is 12.1 Å². The summed E-state index contributed by atoms with van der Waals surface area (Å²) >= 11 is 12.0. The summed E-state index contributed by atoms with van der Waals surface area (Å²) in [7, 11) is 0. The lowest BCUT2D eigenvalue weighted by Crippen LogP contribution is -1.95. The van der Waals surface area contributed by atoms with Crippen LogP contribution in [-0.2, 0) is 0 Å². The molecule has 0 saturated heterocycles. The van der Waals surface area contributed by atoms with Gasteiger partial charge in [-0.2, -0.15) is 5.26 Å². The average Bonchev–Trinajstić information content (AvgIpc) is 2.48. The van der Waals surface area contributed by atoms with E-state index >= 15 is 0 Å². The minimum atomic E-state index is 0.268. The number of hydrogen-bond donors (Lipinski definition) is 0. The molecule has 21 heavy (non-hydrogen) atoms. The number of rotatable bonds is 1. The Morgan fingerprint density at radius 2 is 1.52 bits per heavy atom. The van der Waals surface area contributed by atoms with Crippen LogP contribution in [0.5, 0.6) is 0 Å². The Labute approximate surface area is 131 Å². The van der Waals surface area contributed by atoms with E-state index in [4.69, 9.17) is 23.2 Å². The van der Waals surface area contributed by atoms with Gasteiger partial charge in [0.2, 0.25) is 0 Å². The van der Waals surface area contributed by atoms with Crippen LogP contribution < -0.4 is 0 Å². The molecule has 0 fully saturated rings. The number of nitriles is 1. The molecule has 0 radical (unpaired) electrons. The summed E-state index contributed by atoms with van der Waals surface area (Å²) in [6.45, 7) is 2.00. The SMILES string of the molecule is Cc1ccc(-c2nc3cc(Cl)c(Cl)cc3nc2C#N)cc1. The predicted molar refractivity (Wildman–Crippen MR) is 84.4 cm³/mol. The van der Waals surface area contributed by atoms with Crippen molar-refractivity contribution in [1.29, 1.82) is 5.26 Å². The van der Waals surface area contributed by atoms with E-state index in [0.717, 1.165) is 11.1 Å². The first kappa shape index (κ1) is 13.8. The van der Waals surface area contributed by atoms with Gasteiger partial charge in [0.05, 0.1) is 21.1 Å². The van der Waals surface area contributed by atoms with E-state index < -0.39 is 0 Å². The molecule has 0 unspecified atom stereocenters. The lowest BCUT2D eigenvalue weighted by atomic mass is 10.1. The van der Waals surface area contributed by atoms with Crippen LogP contribution in [0.25, 0.3) is 22.3 Å². The zero-order valence-electron chi connectivity index (χ0n) is 11.1. The van der Waals surface area contributed by atoms with Gasteiger partial charge >= 0.3 is 0 Å². The molecule has 0 amide bonds. The average molecular weight is 314 g/mol. The summed E-state index contributed by atoms with van der Waals surface area (Å²) in [5.41, 5.74) is 3.96. The molecule has 0 saturated carbocycles. The first-order valence-corrected chi connectivity index (χ1v) is 6.98. The minimum Gasteiger partial charge on any atom is -0.243 e. The zero-order valence-corrected chi connectivity index (χ0v) is 12.6. The summed E-state index contributed by atoms with van der Waals surface area (Å²) < 4.78 is 0. The molecular formula is C16H9Cl2N3. The predicted octanol–water partition coefficient (Wildman–Crippen LogP) is 4.78. The Balaban J connectivity index is 2.29. The van der Waals surface area contributed by atoms with Gasteiger partial charge in [-0.3, -0.25) is 0 Å². The van der Waals surface area contributed by atoms with Crippen molar-refractivity contribution in [3.8, 4) is 17.3 Å². The highest BCUT2D eigenvalue weighted by Crippen LogP contribution is 2.29. The molecule has 3 aromatic rings. The molecule has 102 valence electrons. The highest BCUT2D eigenvalue weighted by molar-refractivity contribution is 6.42. The molecular weight excluding hydrogens is 305 g/mol. The maximum atomic E-state index is 9.31. The van der Waals surface area contributed by atoms with Gasteiger partial charge in [-0.25, -0.2) is 9.97 Å². The highest BCUT2D eigenvalue weighted by Gasteiger charge is 2.12. The largest absolute Gasteiger partial charge is 0.243 e. The Morgan fingerprint density at radius 1 is 0.952 bits per heavy atom. The summed E-state index contributed by atoms with van der Waals surface area (Å²) in [6, 6.07) is 13.1. The maximum Gasteiger partial charge on any atom is 0.167 e. The summed E-state index contributed by atoms with van der Waals surface area (Å²) in [6.07, 6.45) is 0. The molecule has 0 aliphatic rings. The molecule has 0 aliphatic carbocycles. The minimum absolute atomic E-state index is 0.268. The third-order valence-electron chi connectivity index (χ3n) is 3.14. The van der Waals surface area contributed by atoms with Crippen LogP contribution in [0, 0.1) is 18.3 Å². The van der Waals surface area contributed by atoms with Crippen molar-refractivity contribution in [1.82, 2.24) is 9.97 Å². The fourth-order valence-electron chi connectivity index (χ4n) is 2.04. The van der Waals surface area contributed by atoms with Crippen molar-refractivity contribution in [2.45, 2.75) is 6.92 Å². The van der Waals surface area contributed by atoms with Crippen molar-refractivity contribution < 1.29 is 0 Å². The topological polar surface area (TPSA) is 49.6 Å². The highest BCUT2D eigenvalue weighted by atomic mass is 35.5. The molecule has 2 aromatic carbocycles. The molecule has 0 atom stereocenters. The number of aryl methyl sites for hydroxylation is 1. The van der Waals surface area contributed by atoms with Gasteiger partial charge in [-0.15, -0.1) is 0 Å². The van der Waals surface area contributed by atoms with Gasteiger partial charge in [-0.1, -0.05) is 53.0 Å². The first-order valence-electron chi connectivity index (χ1n) is 6.22. The second-order valence-corrected chi connectivity index (χ2v) is 5.47. The number of fused-ring (bicyclic) bond motifs is 1. The molecule has 0 spiro atoms. The molecule has 3 rings (SSSR count). The standard InChI is InChI=1S/C16H9Cl2N3/c1-9-2-4-10(5-3-9)16-15(8-19)20-13-6-11(17)12(18)7-14(13)21-16/h2-7H,1H3. The Morgan fingerprint density at radius 3 is 2.10 bits per heavy atom. The van der Waals surface area contributed by atoms with Gasteiger partial charge in [0.25, 0.3) is 0 Å². The molecule has 1 heterocycles. The third-order valence-corrected chi connectivity index (χ3v) is 3.86. The number of hydrogen-bond acceptors (Lipinski definition) is 3. The molecule has 1 aromatic heterocycles. The van der Waals surface area contributed by atoms with Crippen LogP contribution in [0.2, 0.25) is 10.0 Å².